The summed E-state index contributed by atoms with van der Waals surface area (Å²) in [6.45, 7) is 0. The normalized spacial score (nSPS) is 11.6. The van der Waals surface area contributed by atoms with Crippen molar-refractivity contribution in [3.8, 4) is 11.5 Å². The van der Waals surface area contributed by atoms with E-state index in [0.717, 1.165) is 12.1 Å². The Kier molecular flexibility index (Phi) is 4.81. The maximum absolute atomic E-state index is 11.2. The molecule has 2 aromatic rings. The molecule has 0 saturated heterocycles. The van der Waals surface area contributed by atoms with Crippen LogP contribution in [-0.2, 0) is 10.0 Å². The van der Waals surface area contributed by atoms with Crippen LogP contribution in [0.25, 0.3) is 0 Å². The van der Waals surface area contributed by atoms with Gasteiger partial charge in [0.15, 0.2) is 11.5 Å². The number of ether oxygens (including phenoxy) is 1. The van der Waals surface area contributed by atoms with Crippen molar-refractivity contribution >= 4 is 27.6 Å². The summed E-state index contributed by atoms with van der Waals surface area (Å²) in [7, 11) is -2.53. The lowest BCUT2D eigenvalue weighted by atomic mass is 10.1. The zero-order chi connectivity index (χ0) is 17.9. The smallest absolute Gasteiger partial charge is 0.274 e. The van der Waals surface area contributed by atoms with Crippen LogP contribution in [0.5, 0.6) is 11.5 Å². The zero-order valence-electron chi connectivity index (χ0n) is 12.4. The Bertz CT molecular complexity index is 907. The van der Waals surface area contributed by atoms with Gasteiger partial charge in [0.1, 0.15) is 0 Å². The first-order valence-electron chi connectivity index (χ1n) is 6.44. The molecule has 0 unspecified atom stereocenters. The minimum atomic E-state index is -3.80. The predicted octanol–water partition coefficient (Wildman–Crippen LogP) is 1.71. The van der Waals surface area contributed by atoms with Crippen LogP contribution in [0.1, 0.15) is 5.56 Å². The van der Waals surface area contributed by atoms with Gasteiger partial charge in [0.25, 0.3) is 5.69 Å². The van der Waals surface area contributed by atoms with Gasteiger partial charge in [0, 0.05) is 17.8 Å². The number of nitrogens with two attached hydrogens (primary N) is 1. The number of benzene rings is 2. The number of sulfonamides is 1. The third kappa shape index (κ3) is 3.86. The molecule has 0 atom stereocenters. The van der Waals surface area contributed by atoms with E-state index in [-0.39, 0.29) is 27.6 Å². The molecule has 0 saturated carbocycles. The number of nitrogens with zero attached hydrogens (tertiary/aromatic N) is 2. The average molecular weight is 351 g/mol. The van der Waals surface area contributed by atoms with E-state index in [1.807, 2.05) is 0 Å². The molecule has 0 heterocycles. The summed E-state index contributed by atoms with van der Waals surface area (Å²) in [6.07, 6.45) is 1.21. The number of aromatic hydroxyl groups is 1. The number of rotatable bonds is 5. The number of non-ortho nitro benzene ring substituents is 1. The minimum Gasteiger partial charge on any atom is -0.504 e. The fraction of sp³-hybridized carbons (Fsp3) is 0.0714. The van der Waals surface area contributed by atoms with E-state index in [1.165, 1.54) is 37.6 Å². The third-order valence-electron chi connectivity index (χ3n) is 3.04. The zero-order valence-corrected chi connectivity index (χ0v) is 13.2. The number of primary sulfonamides is 1. The standard InChI is InChI=1S/C14H13N3O6S/c1-23-13-7-11(17(19)20)6-9(14(13)18)8-16-10-2-4-12(5-3-10)24(15,21)22/h2-8,18H,1H3,(H2,15,21,22). The maximum atomic E-state index is 11.2. The quantitative estimate of drug-likeness (QED) is 0.476. The molecule has 126 valence electrons. The summed E-state index contributed by atoms with van der Waals surface area (Å²) in [5.74, 6) is -0.358. The Hall–Kier alpha value is -2.98. The van der Waals surface area contributed by atoms with E-state index >= 15 is 0 Å². The van der Waals surface area contributed by atoms with Gasteiger partial charge in [-0.05, 0) is 24.3 Å². The molecule has 2 aromatic carbocycles. The molecule has 0 amide bonds. The molecule has 9 nitrogen and oxygen atoms in total. The second-order valence-corrected chi connectivity index (χ2v) is 6.20. The first kappa shape index (κ1) is 17.4. The van der Waals surface area contributed by atoms with Gasteiger partial charge in [-0.3, -0.25) is 15.1 Å². The number of nitro groups is 1. The van der Waals surface area contributed by atoms with E-state index in [0.29, 0.717) is 5.69 Å². The molecule has 2 rings (SSSR count). The minimum absolute atomic E-state index is 0.0600. The Morgan fingerprint density at radius 1 is 1.29 bits per heavy atom. The second kappa shape index (κ2) is 6.64. The monoisotopic (exact) mass is 351 g/mol. The number of nitro benzene ring substituents is 1. The lowest BCUT2D eigenvalue weighted by Crippen LogP contribution is -2.11. The fourth-order valence-corrected chi connectivity index (χ4v) is 2.36. The van der Waals surface area contributed by atoms with E-state index < -0.39 is 14.9 Å². The first-order chi connectivity index (χ1) is 11.2. The van der Waals surface area contributed by atoms with Crippen molar-refractivity contribution in [2.75, 3.05) is 7.11 Å². The highest BCUT2D eigenvalue weighted by molar-refractivity contribution is 7.89. The van der Waals surface area contributed by atoms with Crippen LogP contribution in [0.2, 0.25) is 0 Å². The van der Waals surface area contributed by atoms with Crippen molar-refractivity contribution in [1.29, 1.82) is 0 Å². The first-order valence-corrected chi connectivity index (χ1v) is 7.99. The molecule has 0 spiro atoms. The number of phenolic OH excluding ortho intramolecular Hbond substituents is 1. The lowest BCUT2D eigenvalue weighted by molar-refractivity contribution is -0.385. The highest BCUT2D eigenvalue weighted by Gasteiger charge is 2.15. The van der Waals surface area contributed by atoms with Crippen LogP contribution in [0.15, 0.2) is 46.3 Å². The topological polar surface area (TPSA) is 145 Å². The van der Waals surface area contributed by atoms with Crippen LogP contribution in [0.3, 0.4) is 0 Å². The summed E-state index contributed by atoms with van der Waals surface area (Å²) < 4.78 is 27.2. The van der Waals surface area contributed by atoms with E-state index in [1.54, 1.807) is 0 Å². The third-order valence-corrected chi connectivity index (χ3v) is 3.97. The predicted molar refractivity (Wildman–Crippen MR) is 86.4 cm³/mol. The van der Waals surface area contributed by atoms with E-state index in [4.69, 9.17) is 9.88 Å². The highest BCUT2D eigenvalue weighted by atomic mass is 32.2. The van der Waals surface area contributed by atoms with Crippen LogP contribution in [0.4, 0.5) is 11.4 Å². The van der Waals surface area contributed by atoms with Gasteiger partial charge >= 0.3 is 0 Å². The Labute approximate surface area is 137 Å². The van der Waals surface area contributed by atoms with E-state index in [9.17, 15) is 23.6 Å². The van der Waals surface area contributed by atoms with Crippen LogP contribution < -0.4 is 9.88 Å². The van der Waals surface area contributed by atoms with E-state index in [2.05, 4.69) is 4.99 Å². The molecule has 0 radical (unpaired) electrons. The fourth-order valence-electron chi connectivity index (χ4n) is 1.84. The summed E-state index contributed by atoms with van der Waals surface area (Å²) in [4.78, 5) is 14.2. The largest absolute Gasteiger partial charge is 0.504 e. The van der Waals surface area contributed by atoms with Crippen LogP contribution in [0, 0.1) is 10.1 Å². The number of aliphatic imine (C=N–C) groups is 1. The van der Waals surface area contributed by atoms with Crippen molar-refractivity contribution < 1.29 is 23.2 Å². The molecule has 0 aliphatic heterocycles. The Balaban J connectivity index is 2.38. The number of methoxy groups -OCH3 is 1. The molecule has 0 aromatic heterocycles. The molecule has 0 bridgehead atoms. The average Bonchev–Trinajstić information content (AvgIpc) is 2.53. The molecule has 3 N–H and O–H groups in total. The van der Waals surface area contributed by atoms with Gasteiger partial charge in [-0.15, -0.1) is 0 Å². The summed E-state index contributed by atoms with van der Waals surface area (Å²) in [5, 5.41) is 25.9. The van der Waals surface area contributed by atoms with Gasteiger partial charge in [-0.2, -0.15) is 0 Å². The van der Waals surface area contributed by atoms with Crippen molar-refractivity contribution in [3.63, 3.8) is 0 Å². The van der Waals surface area contributed by atoms with Gasteiger partial charge < -0.3 is 9.84 Å². The SMILES string of the molecule is COc1cc([N+](=O)[O-])cc(C=Nc2ccc(S(N)(=O)=O)cc2)c1O. The van der Waals surface area contributed by atoms with Crippen LogP contribution >= 0.6 is 0 Å². The molecule has 10 heteroatoms. The maximum Gasteiger partial charge on any atom is 0.274 e. The number of hydrogen-bond acceptors (Lipinski definition) is 7. The van der Waals surface area contributed by atoms with Gasteiger partial charge in [-0.25, -0.2) is 13.6 Å². The molecular weight excluding hydrogens is 338 g/mol. The van der Waals surface area contributed by atoms with Gasteiger partial charge in [0.2, 0.25) is 10.0 Å². The van der Waals surface area contributed by atoms with Crippen LogP contribution in [-0.4, -0.2) is 31.8 Å². The molecular formula is C14H13N3O6S. The highest BCUT2D eigenvalue weighted by Crippen LogP contribution is 2.33. The van der Waals surface area contributed by atoms with Crippen molar-refractivity contribution in [1.82, 2.24) is 0 Å². The molecule has 0 fully saturated rings. The number of phenols is 1. The van der Waals surface area contributed by atoms with Crippen molar-refractivity contribution in [2.45, 2.75) is 4.90 Å². The summed E-state index contributed by atoms with van der Waals surface area (Å²) >= 11 is 0. The molecule has 0 aliphatic carbocycles. The van der Waals surface area contributed by atoms with Gasteiger partial charge in [-0.1, -0.05) is 0 Å². The lowest BCUT2D eigenvalue weighted by Gasteiger charge is -2.06. The number of hydrogen-bond donors (Lipinski definition) is 2. The summed E-state index contributed by atoms with van der Waals surface area (Å²) in [6, 6.07) is 7.59. The van der Waals surface area contributed by atoms with Gasteiger partial charge in [0.05, 0.1) is 28.7 Å². The summed E-state index contributed by atoms with van der Waals surface area (Å²) in [5.41, 5.74) is 0.180. The molecule has 24 heavy (non-hydrogen) atoms. The second-order valence-electron chi connectivity index (χ2n) is 4.64. The van der Waals surface area contributed by atoms with Crippen molar-refractivity contribution in [2.24, 2.45) is 10.1 Å². The Morgan fingerprint density at radius 3 is 2.42 bits per heavy atom. The molecule has 0 aliphatic rings. The van der Waals surface area contributed by atoms with Crippen molar-refractivity contribution in [3.05, 3.63) is 52.1 Å². The Morgan fingerprint density at radius 2 is 1.92 bits per heavy atom.